The van der Waals surface area contributed by atoms with Crippen molar-refractivity contribution in [1.29, 1.82) is 0 Å². The largest absolute Gasteiger partial charge is 0.465 e. The topological polar surface area (TPSA) is 26.3 Å². The molecule has 0 unspecified atom stereocenters. The molecular weight excluding hydrogens is 172 g/mol. The van der Waals surface area contributed by atoms with Crippen molar-refractivity contribution in [2.24, 2.45) is 0 Å². The molecule has 1 aromatic rings. The standard InChI is InChI=1S/C9H12O2S/c1-4-7-5-12-8(6(7)2)9(10)11-3/h5H,4H2,1-3H3. The molecule has 0 aliphatic rings. The summed E-state index contributed by atoms with van der Waals surface area (Å²) in [4.78, 5) is 11.9. The Morgan fingerprint density at radius 2 is 2.33 bits per heavy atom. The Bertz CT molecular complexity index is 289. The van der Waals surface area contributed by atoms with Crippen LogP contribution in [-0.4, -0.2) is 13.1 Å². The van der Waals surface area contributed by atoms with E-state index in [4.69, 9.17) is 0 Å². The minimum atomic E-state index is -0.225. The molecule has 66 valence electrons. The Hall–Kier alpha value is -0.830. The van der Waals surface area contributed by atoms with Gasteiger partial charge in [0, 0.05) is 0 Å². The molecule has 0 saturated carbocycles. The third kappa shape index (κ3) is 1.50. The van der Waals surface area contributed by atoms with Gasteiger partial charge in [-0.1, -0.05) is 6.92 Å². The Morgan fingerprint density at radius 1 is 1.67 bits per heavy atom. The van der Waals surface area contributed by atoms with E-state index in [1.165, 1.54) is 24.0 Å². The van der Waals surface area contributed by atoms with Gasteiger partial charge < -0.3 is 4.74 Å². The Morgan fingerprint density at radius 3 is 2.75 bits per heavy atom. The zero-order chi connectivity index (χ0) is 9.14. The van der Waals surface area contributed by atoms with E-state index in [2.05, 4.69) is 11.7 Å². The summed E-state index contributed by atoms with van der Waals surface area (Å²) in [5.41, 5.74) is 2.30. The number of methoxy groups -OCH3 is 1. The SMILES string of the molecule is CCc1csc(C(=O)OC)c1C. The molecule has 2 nitrogen and oxygen atoms in total. The van der Waals surface area contributed by atoms with Gasteiger partial charge in [-0.3, -0.25) is 0 Å². The summed E-state index contributed by atoms with van der Waals surface area (Å²) in [5.74, 6) is -0.225. The maximum absolute atomic E-state index is 11.2. The number of ether oxygens (including phenoxy) is 1. The molecule has 12 heavy (non-hydrogen) atoms. The van der Waals surface area contributed by atoms with Crippen molar-refractivity contribution >= 4 is 17.3 Å². The molecule has 0 aliphatic carbocycles. The minimum absolute atomic E-state index is 0.225. The lowest BCUT2D eigenvalue weighted by Gasteiger charge is -1.97. The van der Waals surface area contributed by atoms with Gasteiger partial charge in [0.1, 0.15) is 4.88 Å². The summed E-state index contributed by atoms with van der Waals surface area (Å²) in [6, 6.07) is 0. The molecule has 0 N–H and O–H groups in total. The van der Waals surface area contributed by atoms with Crippen molar-refractivity contribution in [2.75, 3.05) is 7.11 Å². The van der Waals surface area contributed by atoms with E-state index in [9.17, 15) is 4.79 Å². The number of carbonyl (C=O) groups is 1. The van der Waals surface area contributed by atoms with Crippen molar-refractivity contribution in [3.05, 3.63) is 21.4 Å². The van der Waals surface area contributed by atoms with E-state index in [0.29, 0.717) is 0 Å². The van der Waals surface area contributed by atoms with Crippen molar-refractivity contribution in [3.63, 3.8) is 0 Å². The van der Waals surface area contributed by atoms with Gasteiger partial charge in [-0.05, 0) is 29.9 Å². The maximum Gasteiger partial charge on any atom is 0.348 e. The van der Waals surface area contributed by atoms with Crippen LogP contribution < -0.4 is 0 Å². The van der Waals surface area contributed by atoms with Crippen LogP contribution in [0, 0.1) is 6.92 Å². The molecular formula is C9H12O2S. The Kier molecular flexibility index (Phi) is 2.87. The highest BCUT2D eigenvalue weighted by Crippen LogP contribution is 2.22. The number of thiophene rings is 1. The van der Waals surface area contributed by atoms with E-state index in [1.54, 1.807) is 0 Å². The van der Waals surface area contributed by atoms with Crippen LogP contribution in [-0.2, 0) is 11.2 Å². The molecule has 0 saturated heterocycles. The Balaban J connectivity index is 3.02. The van der Waals surface area contributed by atoms with Gasteiger partial charge >= 0.3 is 5.97 Å². The van der Waals surface area contributed by atoms with Crippen LogP contribution >= 0.6 is 11.3 Å². The van der Waals surface area contributed by atoms with Crippen LogP contribution in [0.15, 0.2) is 5.38 Å². The second-order valence-corrected chi connectivity index (χ2v) is 3.44. The van der Waals surface area contributed by atoms with Crippen LogP contribution in [0.4, 0.5) is 0 Å². The van der Waals surface area contributed by atoms with Crippen LogP contribution in [0.3, 0.4) is 0 Å². The molecule has 3 heteroatoms. The van der Waals surface area contributed by atoms with Crippen LogP contribution in [0.25, 0.3) is 0 Å². The van der Waals surface area contributed by atoms with Gasteiger partial charge in [0.15, 0.2) is 0 Å². The highest BCUT2D eigenvalue weighted by Gasteiger charge is 2.13. The fraction of sp³-hybridized carbons (Fsp3) is 0.444. The van der Waals surface area contributed by atoms with Crippen LogP contribution in [0.5, 0.6) is 0 Å². The van der Waals surface area contributed by atoms with Crippen molar-refractivity contribution in [3.8, 4) is 0 Å². The molecule has 0 atom stereocenters. The smallest absolute Gasteiger partial charge is 0.348 e. The van der Waals surface area contributed by atoms with E-state index < -0.39 is 0 Å². The van der Waals surface area contributed by atoms with Gasteiger partial charge in [-0.15, -0.1) is 11.3 Å². The maximum atomic E-state index is 11.2. The molecule has 0 aliphatic heterocycles. The van der Waals surface area contributed by atoms with E-state index in [0.717, 1.165) is 16.9 Å². The van der Waals surface area contributed by atoms with Crippen molar-refractivity contribution < 1.29 is 9.53 Å². The number of hydrogen-bond donors (Lipinski definition) is 0. The fourth-order valence-corrected chi connectivity index (χ4v) is 2.19. The molecule has 1 rings (SSSR count). The van der Waals surface area contributed by atoms with Gasteiger partial charge in [-0.2, -0.15) is 0 Å². The summed E-state index contributed by atoms with van der Waals surface area (Å²) in [5, 5.41) is 2.02. The second kappa shape index (κ2) is 3.72. The number of rotatable bonds is 2. The highest BCUT2D eigenvalue weighted by molar-refractivity contribution is 7.12. The van der Waals surface area contributed by atoms with Crippen LogP contribution in [0.1, 0.15) is 27.7 Å². The monoisotopic (exact) mass is 184 g/mol. The summed E-state index contributed by atoms with van der Waals surface area (Å²) < 4.78 is 4.65. The van der Waals surface area contributed by atoms with E-state index >= 15 is 0 Å². The lowest BCUT2D eigenvalue weighted by atomic mass is 10.1. The number of hydrogen-bond acceptors (Lipinski definition) is 3. The first-order valence-corrected chi connectivity index (χ1v) is 4.74. The molecule has 1 heterocycles. The lowest BCUT2D eigenvalue weighted by Crippen LogP contribution is -2.00. The number of carbonyl (C=O) groups excluding carboxylic acids is 1. The number of esters is 1. The minimum Gasteiger partial charge on any atom is -0.465 e. The molecule has 0 fully saturated rings. The Labute approximate surface area is 76.2 Å². The predicted molar refractivity (Wildman–Crippen MR) is 49.8 cm³/mol. The zero-order valence-electron chi connectivity index (χ0n) is 7.51. The average Bonchev–Trinajstić information content (AvgIpc) is 2.45. The second-order valence-electron chi connectivity index (χ2n) is 2.56. The lowest BCUT2D eigenvalue weighted by molar-refractivity contribution is 0.0605. The molecule has 0 spiro atoms. The molecule has 1 aromatic heterocycles. The highest BCUT2D eigenvalue weighted by atomic mass is 32.1. The summed E-state index contributed by atoms with van der Waals surface area (Å²) in [6.45, 7) is 4.04. The van der Waals surface area contributed by atoms with Gasteiger partial charge in [0.2, 0.25) is 0 Å². The summed E-state index contributed by atoms with van der Waals surface area (Å²) in [7, 11) is 1.41. The normalized spacial score (nSPS) is 9.92. The molecule has 0 amide bonds. The van der Waals surface area contributed by atoms with E-state index in [-0.39, 0.29) is 5.97 Å². The van der Waals surface area contributed by atoms with Gasteiger partial charge in [-0.25, -0.2) is 4.79 Å². The summed E-state index contributed by atoms with van der Waals surface area (Å²) in [6.07, 6.45) is 0.972. The molecule has 0 aromatic carbocycles. The van der Waals surface area contributed by atoms with E-state index in [1.807, 2.05) is 12.3 Å². The van der Waals surface area contributed by atoms with Gasteiger partial charge in [0.05, 0.1) is 7.11 Å². The average molecular weight is 184 g/mol. The quantitative estimate of drug-likeness (QED) is 0.660. The first-order valence-electron chi connectivity index (χ1n) is 3.86. The molecule has 0 bridgehead atoms. The first kappa shape index (κ1) is 9.26. The van der Waals surface area contributed by atoms with Crippen molar-refractivity contribution in [2.45, 2.75) is 20.3 Å². The summed E-state index contributed by atoms with van der Waals surface area (Å²) >= 11 is 1.46. The third-order valence-corrected chi connectivity index (χ3v) is 3.00. The number of aryl methyl sites for hydroxylation is 1. The zero-order valence-corrected chi connectivity index (χ0v) is 8.33. The van der Waals surface area contributed by atoms with Gasteiger partial charge in [0.25, 0.3) is 0 Å². The van der Waals surface area contributed by atoms with Crippen LogP contribution in [0.2, 0.25) is 0 Å². The predicted octanol–water partition coefficient (Wildman–Crippen LogP) is 2.41. The first-order chi connectivity index (χ1) is 5.70. The third-order valence-electron chi connectivity index (χ3n) is 1.89. The molecule has 0 radical (unpaired) electrons. The fourth-order valence-electron chi connectivity index (χ4n) is 1.10. The van der Waals surface area contributed by atoms with Crippen molar-refractivity contribution in [1.82, 2.24) is 0 Å².